The quantitative estimate of drug-likeness (QED) is 0.639. The fourth-order valence-electron chi connectivity index (χ4n) is 3.38. The van der Waals surface area contributed by atoms with Crippen molar-refractivity contribution in [2.24, 2.45) is 0 Å². The van der Waals surface area contributed by atoms with Crippen molar-refractivity contribution >= 4 is 18.2 Å². The van der Waals surface area contributed by atoms with Gasteiger partial charge in [-0.05, 0) is 53.7 Å². The summed E-state index contributed by atoms with van der Waals surface area (Å²) in [6.45, 7) is 8.31. The molecule has 1 aliphatic rings. The molecule has 3 heterocycles. The summed E-state index contributed by atoms with van der Waals surface area (Å²) in [4.78, 5) is 13.2. The van der Waals surface area contributed by atoms with E-state index in [2.05, 4.69) is 56.2 Å². The molecule has 0 aliphatic carbocycles. The van der Waals surface area contributed by atoms with Gasteiger partial charge in [0.15, 0.2) is 0 Å². The lowest BCUT2D eigenvalue weighted by Gasteiger charge is -2.34. The zero-order valence-electron chi connectivity index (χ0n) is 15.5. The van der Waals surface area contributed by atoms with Gasteiger partial charge in [-0.15, -0.1) is 0 Å². The molecular weight excluding hydrogens is 360 g/mol. The predicted octanol–water partition coefficient (Wildman–Crippen LogP) is 1.98. The summed E-state index contributed by atoms with van der Waals surface area (Å²) in [7, 11) is 0. The van der Waals surface area contributed by atoms with Gasteiger partial charge in [0.05, 0.1) is 12.4 Å². The Morgan fingerprint density at radius 1 is 0.926 bits per heavy atom. The Hall–Kier alpha value is -2.65. The summed E-state index contributed by atoms with van der Waals surface area (Å²) in [5.41, 5.74) is 3.28. The minimum absolute atomic E-state index is 0.612. The van der Waals surface area contributed by atoms with Gasteiger partial charge in [-0.1, -0.05) is 18.2 Å². The molecule has 2 aromatic heterocycles. The van der Waals surface area contributed by atoms with E-state index in [-0.39, 0.29) is 0 Å². The topological polar surface area (TPSA) is 67.9 Å². The van der Waals surface area contributed by atoms with Crippen LogP contribution in [0.5, 0.6) is 0 Å². The first-order chi connectivity index (χ1) is 13.1. The molecule has 0 spiro atoms. The maximum atomic E-state index is 5.64. The Morgan fingerprint density at radius 2 is 1.59 bits per heavy atom. The van der Waals surface area contributed by atoms with Gasteiger partial charge in [-0.25, -0.2) is 14.6 Å². The molecule has 1 saturated heterocycles. The van der Waals surface area contributed by atoms with Gasteiger partial charge in [0.1, 0.15) is 0 Å². The number of tetrazole rings is 1. The highest BCUT2D eigenvalue weighted by Gasteiger charge is 2.20. The molecule has 1 aromatic carbocycles. The number of para-hydroxylation sites is 1. The average Bonchev–Trinajstić information content (AvgIpc) is 3.03. The van der Waals surface area contributed by atoms with Crippen molar-refractivity contribution in [3.8, 4) is 5.69 Å². The minimum Gasteiger partial charge on any atom is -0.338 e. The van der Waals surface area contributed by atoms with Crippen molar-refractivity contribution in [2.75, 3.05) is 31.1 Å². The standard InChI is InChI=1S/C18H22N8S/c1-14-5-3-6-15(2)16(14)26-18(27)25(21-22-26)13-23-9-11-24(12-10-23)17-19-7-4-8-20-17/h3-8H,9-13H2,1-2H3. The van der Waals surface area contributed by atoms with Gasteiger partial charge in [0.25, 0.3) is 0 Å². The van der Waals surface area contributed by atoms with Crippen molar-refractivity contribution < 1.29 is 0 Å². The average molecular weight is 382 g/mol. The van der Waals surface area contributed by atoms with Crippen LogP contribution in [-0.4, -0.2) is 60.8 Å². The van der Waals surface area contributed by atoms with Crippen LogP contribution in [0.3, 0.4) is 0 Å². The van der Waals surface area contributed by atoms with E-state index in [1.165, 1.54) is 0 Å². The molecule has 1 fully saturated rings. The number of piperazine rings is 1. The minimum atomic E-state index is 0.612. The number of hydrogen-bond acceptors (Lipinski definition) is 7. The molecule has 27 heavy (non-hydrogen) atoms. The molecular formula is C18H22N8S. The SMILES string of the molecule is Cc1cccc(C)c1-n1nnn(CN2CCN(c3ncccn3)CC2)c1=S. The van der Waals surface area contributed by atoms with Crippen LogP contribution in [0.2, 0.25) is 0 Å². The lowest BCUT2D eigenvalue weighted by atomic mass is 10.1. The summed E-state index contributed by atoms with van der Waals surface area (Å²) >= 11 is 5.64. The highest BCUT2D eigenvalue weighted by Crippen LogP contribution is 2.18. The van der Waals surface area contributed by atoms with Crippen molar-refractivity contribution in [2.45, 2.75) is 20.5 Å². The Balaban J connectivity index is 1.46. The first-order valence-electron chi connectivity index (χ1n) is 8.97. The number of aryl methyl sites for hydroxylation is 2. The third-order valence-corrected chi connectivity index (χ3v) is 5.22. The number of benzene rings is 1. The van der Waals surface area contributed by atoms with E-state index in [0.717, 1.165) is 48.9 Å². The molecule has 1 aliphatic heterocycles. The second-order valence-corrected chi connectivity index (χ2v) is 7.07. The highest BCUT2D eigenvalue weighted by molar-refractivity contribution is 7.71. The molecule has 3 aromatic rings. The van der Waals surface area contributed by atoms with Crippen LogP contribution in [0.4, 0.5) is 5.95 Å². The van der Waals surface area contributed by atoms with Crippen molar-refractivity contribution in [1.29, 1.82) is 0 Å². The first-order valence-corrected chi connectivity index (χ1v) is 9.38. The number of anilines is 1. The van der Waals surface area contributed by atoms with Gasteiger partial charge in [0, 0.05) is 38.6 Å². The Morgan fingerprint density at radius 3 is 2.26 bits per heavy atom. The summed E-state index contributed by atoms with van der Waals surface area (Å²) < 4.78 is 4.16. The van der Waals surface area contributed by atoms with Gasteiger partial charge >= 0.3 is 0 Å². The zero-order chi connectivity index (χ0) is 18.8. The molecule has 0 amide bonds. The Kier molecular flexibility index (Phi) is 4.95. The molecule has 140 valence electrons. The molecule has 0 N–H and O–H groups in total. The maximum Gasteiger partial charge on any atom is 0.225 e. The van der Waals surface area contributed by atoms with E-state index in [4.69, 9.17) is 12.2 Å². The third-order valence-electron chi connectivity index (χ3n) is 4.83. The van der Waals surface area contributed by atoms with Crippen molar-refractivity contribution in [3.63, 3.8) is 0 Å². The molecule has 0 saturated carbocycles. The van der Waals surface area contributed by atoms with E-state index < -0.39 is 0 Å². The normalized spacial score (nSPS) is 15.3. The van der Waals surface area contributed by atoms with Crippen LogP contribution in [-0.2, 0) is 6.67 Å². The van der Waals surface area contributed by atoms with Gasteiger partial charge in [-0.3, -0.25) is 4.90 Å². The van der Waals surface area contributed by atoms with Crippen LogP contribution < -0.4 is 4.90 Å². The highest BCUT2D eigenvalue weighted by atomic mass is 32.1. The fraction of sp³-hybridized carbons (Fsp3) is 0.389. The van der Waals surface area contributed by atoms with E-state index in [1.807, 2.05) is 12.1 Å². The Bertz CT molecular complexity index is 952. The maximum absolute atomic E-state index is 5.64. The second-order valence-electron chi connectivity index (χ2n) is 6.71. The van der Waals surface area contributed by atoms with E-state index >= 15 is 0 Å². The van der Waals surface area contributed by atoms with Gasteiger partial charge in [-0.2, -0.15) is 4.68 Å². The largest absolute Gasteiger partial charge is 0.338 e. The molecule has 9 heteroatoms. The number of nitrogens with zero attached hydrogens (tertiary/aromatic N) is 8. The van der Waals surface area contributed by atoms with Crippen LogP contribution in [0.25, 0.3) is 5.69 Å². The zero-order valence-corrected chi connectivity index (χ0v) is 16.3. The Labute approximate surface area is 163 Å². The predicted molar refractivity (Wildman–Crippen MR) is 105 cm³/mol. The van der Waals surface area contributed by atoms with Crippen molar-refractivity contribution in [1.82, 2.24) is 34.7 Å². The molecule has 0 atom stereocenters. The van der Waals surface area contributed by atoms with E-state index in [1.54, 1.807) is 21.8 Å². The van der Waals surface area contributed by atoms with Crippen LogP contribution in [0, 0.1) is 18.6 Å². The molecule has 0 radical (unpaired) electrons. The molecule has 4 rings (SSSR count). The second kappa shape index (κ2) is 7.53. The van der Waals surface area contributed by atoms with Gasteiger partial charge < -0.3 is 4.90 Å². The lowest BCUT2D eigenvalue weighted by molar-refractivity contribution is 0.192. The summed E-state index contributed by atoms with van der Waals surface area (Å²) in [6, 6.07) is 8.00. The van der Waals surface area contributed by atoms with E-state index in [0.29, 0.717) is 11.4 Å². The number of hydrogen-bond donors (Lipinski definition) is 0. The van der Waals surface area contributed by atoms with Crippen LogP contribution in [0.15, 0.2) is 36.7 Å². The van der Waals surface area contributed by atoms with Crippen LogP contribution >= 0.6 is 12.2 Å². The molecule has 0 unspecified atom stereocenters. The summed E-state index contributed by atoms with van der Waals surface area (Å²) in [6.07, 6.45) is 3.56. The number of rotatable bonds is 4. The summed E-state index contributed by atoms with van der Waals surface area (Å²) in [5, 5.41) is 8.60. The smallest absolute Gasteiger partial charge is 0.225 e. The van der Waals surface area contributed by atoms with E-state index in [9.17, 15) is 0 Å². The third kappa shape index (κ3) is 3.60. The summed E-state index contributed by atoms with van der Waals surface area (Å²) in [5.74, 6) is 0.787. The van der Waals surface area contributed by atoms with Crippen molar-refractivity contribution in [3.05, 3.63) is 52.6 Å². The first kappa shape index (κ1) is 17.7. The van der Waals surface area contributed by atoms with Gasteiger partial charge in [0.2, 0.25) is 10.7 Å². The monoisotopic (exact) mass is 382 g/mol. The van der Waals surface area contributed by atoms with Crippen LogP contribution in [0.1, 0.15) is 11.1 Å². The lowest BCUT2D eigenvalue weighted by Crippen LogP contribution is -2.47. The fourth-order valence-corrected chi connectivity index (χ4v) is 3.60. The number of aromatic nitrogens is 6. The molecule has 0 bridgehead atoms. The molecule has 8 nitrogen and oxygen atoms in total.